The average Bonchev–Trinajstić information content (AvgIpc) is 3.09. The molecule has 0 saturated heterocycles. The Morgan fingerprint density at radius 2 is 0.708 bits per heavy atom. The molecule has 0 aromatic rings. The molecule has 48 heavy (non-hydrogen) atoms. The summed E-state index contributed by atoms with van der Waals surface area (Å²) in [4.78, 5) is 12.4. The van der Waals surface area contributed by atoms with Gasteiger partial charge in [-0.1, -0.05) is 219 Å². The quantitative estimate of drug-likeness (QED) is 0.0414. The number of amides is 1. The lowest BCUT2D eigenvalue weighted by atomic mass is 9.99. The summed E-state index contributed by atoms with van der Waals surface area (Å²) in [6.07, 6.45) is 39.4. The fourth-order valence-corrected chi connectivity index (χ4v) is 6.88. The summed E-state index contributed by atoms with van der Waals surface area (Å²) in [6, 6.07) is -0.975. The van der Waals surface area contributed by atoms with E-state index in [4.69, 9.17) is 0 Å². The van der Waals surface area contributed by atoms with Crippen LogP contribution in [0.5, 0.6) is 0 Å². The Labute approximate surface area is 299 Å². The third kappa shape index (κ3) is 31.3. The lowest BCUT2D eigenvalue weighted by Crippen LogP contribution is -2.53. The van der Waals surface area contributed by atoms with Crippen LogP contribution in [0.3, 0.4) is 0 Å². The summed E-state index contributed by atoms with van der Waals surface area (Å²) in [5.74, 6) is -0.587. The molecular formula is C42H85NO5. The van der Waals surface area contributed by atoms with Crippen molar-refractivity contribution in [3.05, 3.63) is 0 Å². The first-order valence-corrected chi connectivity index (χ1v) is 21.4. The van der Waals surface area contributed by atoms with Crippen LogP contribution >= 0.6 is 0 Å². The molecule has 0 rings (SSSR count). The van der Waals surface area contributed by atoms with Gasteiger partial charge in [0.25, 0.3) is 0 Å². The monoisotopic (exact) mass is 684 g/mol. The second kappa shape index (κ2) is 37.6. The van der Waals surface area contributed by atoms with Gasteiger partial charge in [-0.15, -0.1) is 0 Å². The summed E-state index contributed by atoms with van der Waals surface area (Å²) in [5.41, 5.74) is 0. The molecule has 0 aliphatic heterocycles. The number of aliphatic hydroxyl groups is 4. The molecule has 1 amide bonds. The molecule has 0 saturated carbocycles. The maximum Gasteiger partial charge on any atom is 0.249 e. The van der Waals surface area contributed by atoms with Crippen LogP contribution in [-0.4, -0.2) is 57.3 Å². The Balaban J connectivity index is 3.45. The minimum absolute atomic E-state index is 0.374. The summed E-state index contributed by atoms with van der Waals surface area (Å²) in [6.45, 7) is 3.92. The van der Waals surface area contributed by atoms with Gasteiger partial charge in [-0.25, -0.2) is 0 Å². The van der Waals surface area contributed by atoms with Crippen molar-refractivity contribution in [2.24, 2.45) is 0 Å². The first-order valence-electron chi connectivity index (χ1n) is 21.4. The van der Waals surface area contributed by atoms with Crippen LogP contribution < -0.4 is 5.32 Å². The number of nitrogens with one attached hydrogen (secondary N) is 1. The number of carbonyl (C=O) groups excluding carboxylic acids is 1. The highest BCUT2D eigenvalue weighted by molar-refractivity contribution is 5.80. The highest BCUT2D eigenvalue weighted by Gasteiger charge is 2.28. The molecule has 0 radical (unpaired) electrons. The Kier molecular flexibility index (Phi) is 37.0. The summed E-state index contributed by atoms with van der Waals surface area (Å²) >= 11 is 0. The topological polar surface area (TPSA) is 110 Å². The van der Waals surface area contributed by atoms with Crippen molar-refractivity contribution < 1.29 is 25.2 Å². The van der Waals surface area contributed by atoms with Crippen LogP contribution in [0.1, 0.15) is 232 Å². The lowest BCUT2D eigenvalue weighted by Gasteiger charge is -2.27. The molecule has 5 N–H and O–H groups in total. The fourth-order valence-electron chi connectivity index (χ4n) is 6.88. The molecule has 288 valence electrons. The Bertz CT molecular complexity index is 648. The van der Waals surface area contributed by atoms with Crippen molar-refractivity contribution in [3.63, 3.8) is 0 Å². The van der Waals surface area contributed by atoms with Crippen LogP contribution in [0.2, 0.25) is 0 Å². The van der Waals surface area contributed by atoms with Gasteiger partial charge in [-0.2, -0.15) is 0 Å². The molecule has 0 heterocycles. The van der Waals surface area contributed by atoms with Crippen LogP contribution in [0.15, 0.2) is 0 Å². The average molecular weight is 684 g/mol. The van der Waals surface area contributed by atoms with E-state index in [1.54, 1.807) is 0 Å². The van der Waals surface area contributed by atoms with E-state index in [2.05, 4.69) is 19.2 Å². The van der Waals surface area contributed by atoms with E-state index in [1.165, 1.54) is 161 Å². The van der Waals surface area contributed by atoms with Crippen LogP contribution in [0.25, 0.3) is 0 Å². The number of rotatable bonds is 39. The van der Waals surface area contributed by atoms with Crippen LogP contribution in [0, 0.1) is 0 Å². The van der Waals surface area contributed by atoms with Gasteiger partial charge in [-0.3, -0.25) is 4.79 Å². The second-order valence-corrected chi connectivity index (χ2v) is 15.1. The van der Waals surface area contributed by atoms with Crippen molar-refractivity contribution in [2.75, 3.05) is 6.61 Å². The van der Waals surface area contributed by atoms with Gasteiger partial charge in [0.05, 0.1) is 18.8 Å². The van der Waals surface area contributed by atoms with Gasteiger partial charge < -0.3 is 25.7 Å². The molecule has 0 aromatic carbocycles. The summed E-state index contributed by atoms with van der Waals surface area (Å²) in [7, 11) is 0. The predicted octanol–water partition coefficient (Wildman–Crippen LogP) is 10.8. The van der Waals surface area contributed by atoms with Gasteiger partial charge in [0.1, 0.15) is 12.2 Å². The smallest absolute Gasteiger partial charge is 0.249 e. The minimum Gasteiger partial charge on any atom is -0.394 e. The molecule has 6 heteroatoms. The lowest BCUT2D eigenvalue weighted by molar-refractivity contribution is -0.132. The van der Waals surface area contributed by atoms with Crippen molar-refractivity contribution in [2.45, 2.75) is 257 Å². The zero-order chi connectivity index (χ0) is 35.3. The molecule has 0 bridgehead atoms. The SMILES string of the molecule is CCCCCCCCCCCCCCCCCCCCCCCCCCCCCCC(O)C(=O)NC(CO)C(O)C(O)CCCCCC. The fraction of sp³-hybridized carbons (Fsp3) is 0.976. The van der Waals surface area contributed by atoms with E-state index in [-0.39, 0.29) is 0 Å². The van der Waals surface area contributed by atoms with E-state index < -0.39 is 36.9 Å². The molecule has 0 aliphatic carbocycles. The minimum atomic E-state index is -1.25. The van der Waals surface area contributed by atoms with Crippen molar-refractivity contribution in [1.29, 1.82) is 0 Å². The first kappa shape index (κ1) is 47.3. The molecule has 0 fully saturated rings. The van der Waals surface area contributed by atoms with Gasteiger partial charge in [-0.05, 0) is 12.8 Å². The third-order valence-corrected chi connectivity index (χ3v) is 10.3. The zero-order valence-corrected chi connectivity index (χ0v) is 32.3. The Hall–Kier alpha value is -0.690. The van der Waals surface area contributed by atoms with Crippen LogP contribution in [-0.2, 0) is 4.79 Å². The summed E-state index contributed by atoms with van der Waals surface area (Å²) in [5, 5.41) is 42.9. The molecule has 0 aromatic heterocycles. The molecule has 0 spiro atoms. The van der Waals surface area contributed by atoms with Crippen LogP contribution in [0.4, 0.5) is 0 Å². The number of hydrogen-bond donors (Lipinski definition) is 5. The number of aliphatic hydroxyl groups excluding tert-OH is 4. The zero-order valence-electron chi connectivity index (χ0n) is 32.3. The van der Waals surface area contributed by atoms with Crippen molar-refractivity contribution in [3.8, 4) is 0 Å². The van der Waals surface area contributed by atoms with Crippen molar-refractivity contribution >= 4 is 5.91 Å². The second-order valence-electron chi connectivity index (χ2n) is 15.1. The standard InChI is InChI=1S/C42H85NO5/c1-3-5-7-9-10-11-12-13-14-15-16-17-18-19-20-21-22-23-24-25-26-27-28-29-30-31-32-34-36-40(46)42(48)43-38(37-44)41(47)39(45)35-33-8-6-4-2/h38-41,44-47H,3-37H2,1-2H3,(H,43,48). The van der Waals surface area contributed by atoms with Gasteiger partial charge >= 0.3 is 0 Å². The van der Waals surface area contributed by atoms with Gasteiger partial charge in [0.15, 0.2) is 0 Å². The predicted molar refractivity (Wildman–Crippen MR) is 205 cm³/mol. The van der Waals surface area contributed by atoms with Gasteiger partial charge in [0, 0.05) is 0 Å². The highest BCUT2D eigenvalue weighted by atomic mass is 16.3. The summed E-state index contributed by atoms with van der Waals surface area (Å²) < 4.78 is 0. The van der Waals surface area contributed by atoms with E-state index in [1.807, 2.05) is 0 Å². The van der Waals surface area contributed by atoms with E-state index in [0.29, 0.717) is 12.8 Å². The molecule has 4 unspecified atom stereocenters. The van der Waals surface area contributed by atoms with E-state index in [9.17, 15) is 25.2 Å². The number of unbranched alkanes of at least 4 members (excludes halogenated alkanes) is 30. The molecule has 6 nitrogen and oxygen atoms in total. The van der Waals surface area contributed by atoms with Crippen molar-refractivity contribution in [1.82, 2.24) is 5.32 Å². The maximum atomic E-state index is 12.4. The number of carbonyl (C=O) groups is 1. The van der Waals surface area contributed by atoms with Gasteiger partial charge in [0.2, 0.25) is 5.91 Å². The number of hydrogen-bond acceptors (Lipinski definition) is 5. The van der Waals surface area contributed by atoms with E-state index >= 15 is 0 Å². The Morgan fingerprint density at radius 3 is 1.02 bits per heavy atom. The highest BCUT2D eigenvalue weighted by Crippen LogP contribution is 2.17. The molecular weight excluding hydrogens is 598 g/mol. The largest absolute Gasteiger partial charge is 0.394 e. The maximum absolute atomic E-state index is 12.4. The third-order valence-electron chi connectivity index (χ3n) is 10.3. The molecule has 4 atom stereocenters. The Morgan fingerprint density at radius 1 is 0.438 bits per heavy atom. The normalized spacial score (nSPS) is 14.2. The van der Waals surface area contributed by atoms with E-state index in [0.717, 1.165) is 44.9 Å². The molecule has 0 aliphatic rings. The first-order chi connectivity index (χ1) is 23.5.